The molecule has 128 valence electrons. The lowest BCUT2D eigenvalue weighted by Crippen LogP contribution is -2.29. The molecule has 4 N–H and O–H groups in total. The van der Waals surface area contributed by atoms with E-state index < -0.39 is 0 Å². The van der Waals surface area contributed by atoms with Crippen LogP contribution in [0.4, 0.5) is 11.4 Å². The average molecular weight is 329 g/mol. The Kier molecular flexibility index (Phi) is 5.89. The van der Waals surface area contributed by atoms with Crippen molar-refractivity contribution in [2.45, 2.75) is 13.8 Å². The number of aliphatic imine (C=N–C) groups is 1. The third kappa shape index (κ3) is 3.90. The smallest absolute Gasteiger partial charge is 0.202 e. The Labute approximate surface area is 141 Å². The summed E-state index contributed by atoms with van der Waals surface area (Å²) >= 11 is 0. The van der Waals surface area contributed by atoms with E-state index >= 15 is 0 Å². The van der Waals surface area contributed by atoms with Gasteiger partial charge in [-0.25, -0.2) is 4.99 Å². The highest BCUT2D eigenvalue weighted by atomic mass is 16.3. The van der Waals surface area contributed by atoms with Crippen molar-refractivity contribution in [3.8, 4) is 0 Å². The summed E-state index contributed by atoms with van der Waals surface area (Å²) in [7, 11) is 0. The van der Waals surface area contributed by atoms with Crippen molar-refractivity contribution in [2.75, 3.05) is 31.2 Å². The Bertz CT molecular complexity index is 697. The summed E-state index contributed by atoms with van der Waals surface area (Å²) in [5.41, 5.74) is 9.87. The van der Waals surface area contributed by atoms with Crippen molar-refractivity contribution in [3.05, 3.63) is 47.2 Å². The van der Waals surface area contributed by atoms with Crippen LogP contribution >= 0.6 is 0 Å². The second-order valence-electron chi connectivity index (χ2n) is 5.64. The maximum absolute atomic E-state index is 11.7. The summed E-state index contributed by atoms with van der Waals surface area (Å²) < 4.78 is 0. The number of benzene rings is 1. The van der Waals surface area contributed by atoms with Crippen molar-refractivity contribution in [2.24, 2.45) is 10.7 Å². The quantitative estimate of drug-likeness (QED) is 0.684. The number of ketones is 1. The molecular weight excluding hydrogens is 306 g/mol. The predicted octanol–water partition coefficient (Wildman–Crippen LogP) is 1.31. The van der Waals surface area contributed by atoms with E-state index in [0.29, 0.717) is 24.4 Å². The third-order valence-electron chi connectivity index (χ3n) is 3.94. The number of allylic oxidation sites excluding steroid dienone is 3. The van der Waals surface area contributed by atoms with Gasteiger partial charge in [0.15, 0.2) is 0 Å². The summed E-state index contributed by atoms with van der Waals surface area (Å²) in [6.45, 7) is 4.58. The molecule has 1 aliphatic carbocycles. The van der Waals surface area contributed by atoms with Crippen molar-refractivity contribution in [1.29, 1.82) is 0 Å². The molecule has 0 atom stereocenters. The van der Waals surface area contributed by atoms with Gasteiger partial charge < -0.3 is 20.8 Å². The maximum atomic E-state index is 11.7. The van der Waals surface area contributed by atoms with Gasteiger partial charge in [-0.3, -0.25) is 4.79 Å². The van der Waals surface area contributed by atoms with Crippen molar-refractivity contribution in [3.63, 3.8) is 0 Å². The lowest BCUT2D eigenvalue weighted by molar-refractivity contribution is -0.111. The Morgan fingerprint density at radius 1 is 1.08 bits per heavy atom. The Balaban J connectivity index is 2.28. The molecule has 0 radical (unpaired) electrons. The minimum Gasteiger partial charge on any atom is -0.395 e. The van der Waals surface area contributed by atoms with Gasteiger partial charge in [-0.1, -0.05) is 0 Å². The molecule has 0 saturated carbocycles. The fourth-order valence-corrected chi connectivity index (χ4v) is 2.60. The second kappa shape index (κ2) is 7.90. The van der Waals surface area contributed by atoms with Crippen LogP contribution in [0.25, 0.3) is 0 Å². The zero-order chi connectivity index (χ0) is 17.7. The first-order valence-corrected chi connectivity index (χ1v) is 7.83. The fraction of sp³-hybridized carbons (Fsp3) is 0.333. The van der Waals surface area contributed by atoms with E-state index in [1.54, 1.807) is 6.92 Å². The minimum atomic E-state index is -0.178. The van der Waals surface area contributed by atoms with Crippen LogP contribution in [0.3, 0.4) is 0 Å². The summed E-state index contributed by atoms with van der Waals surface area (Å²) in [5, 5.41) is 18.2. The lowest BCUT2D eigenvalue weighted by atomic mass is 9.94. The molecule has 1 aliphatic rings. The Morgan fingerprint density at radius 2 is 1.67 bits per heavy atom. The molecule has 0 heterocycles. The van der Waals surface area contributed by atoms with Crippen LogP contribution < -0.4 is 10.6 Å². The number of rotatable bonds is 6. The van der Waals surface area contributed by atoms with E-state index in [2.05, 4.69) is 4.99 Å². The Hall–Kier alpha value is -2.44. The van der Waals surface area contributed by atoms with Crippen LogP contribution in [0.1, 0.15) is 13.8 Å². The molecule has 0 amide bonds. The molecule has 0 aromatic heterocycles. The van der Waals surface area contributed by atoms with Gasteiger partial charge in [0.25, 0.3) is 0 Å². The number of carbonyl (C=O) groups is 1. The first-order chi connectivity index (χ1) is 11.5. The Morgan fingerprint density at radius 3 is 2.21 bits per heavy atom. The molecule has 0 saturated heterocycles. The molecule has 6 heteroatoms. The molecule has 1 aromatic carbocycles. The topological polar surface area (TPSA) is 99.2 Å². The van der Waals surface area contributed by atoms with Crippen LogP contribution in [-0.2, 0) is 4.79 Å². The van der Waals surface area contributed by atoms with E-state index in [4.69, 9.17) is 15.9 Å². The molecule has 6 nitrogen and oxygen atoms in total. The summed E-state index contributed by atoms with van der Waals surface area (Å²) in [6, 6.07) is 7.49. The van der Waals surface area contributed by atoms with Crippen LogP contribution in [0.15, 0.2) is 52.2 Å². The number of nitrogens with zero attached hydrogens (tertiary/aromatic N) is 2. The van der Waals surface area contributed by atoms with E-state index in [1.807, 2.05) is 36.1 Å². The van der Waals surface area contributed by atoms with Gasteiger partial charge in [0.05, 0.1) is 30.3 Å². The molecule has 0 aliphatic heterocycles. The first-order valence-electron chi connectivity index (χ1n) is 7.83. The molecule has 24 heavy (non-hydrogen) atoms. The molecule has 0 unspecified atom stereocenters. The first kappa shape index (κ1) is 17.9. The lowest BCUT2D eigenvalue weighted by Gasteiger charge is -2.23. The minimum absolute atomic E-state index is 0.0192. The number of hydrogen-bond acceptors (Lipinski definition) is 6. The molecule has 2 rings (SSSR count). The van der Waals surface area contributed by atoms with Gasteiger partial charge in [0.2, 0.25) is 5.78 Å². The molecule has 0 fully saturated rings. The van der Waals surface area contributed by atoms with E-state index in [0.717, 1.165) is 16.9 Å². The van der Waals surface area contributed by atoms with Crippen LogP contribution in [0.5, 0.6) is 0 Å². The number of aliphatic hydroxyl groups excluding tert-OH is 2. The van der Waals surface area contributed by atoms with Crippen molar-refractivity contribution >= 4 is 22.9 Å². The molecule has 0 bridgehead atoms. The van der Waals surface area contributed by atoms with E-state index in [9.17, 15) is 4.79 Å². The average Bonchev–Trinajstić information content (AvgIpc) is 2.57. The van der Waals surface area contributed by atoms with Gasteiger partial charge in [0, 0.05) is 24.4 Å². The SMILES string of the molecule is CC1=CC(=O)C(N)=C(C)C1=Nc1ccc(N(CCO)CCO)cc1. The van der Waals surface area contributed by atoms with Gasteiger partial charge in [-0.15, -0.1) is 0 Å². The summed E-state index contributed by atoms with van der Waals surface area (Å²) in [6.07, 6.45) is 1.50. The van der Waals surface area contributed by atoms with Gasteiger partial charge in [-0.05, 0) is 49.8 Å². The number of hydrogen-bond donors (Lipinski definition) is 3. The number of nitrogens with two attached hydrogens (primary N) is 1. The second-order valence-corrected chi connectivity index (χ2v) is 5.64. The van der Waals surface area contributed by atoms with Crippen molar-refractivity contribution < 1.29 is 15.0 Å². The highest BCUT2D eigenvalue weighted by Crippen LogP contribution is 2.24. The zero-order valence-electron chi connectivity index (χ0n) is 14.0. The normalized spacial score (nSPS) is 16.6. The van der Waals surface area contributed by atoms with Crippen LogP contribution in [0, 0.1) is 0 Å². The zero-order valence-corrected chi connectivity index (χ0v) is 14.0. The fourth-order valence-electron chi connectivity index (χ4n) is 2.60. The largest absolute Gasteiger partial charge is 0.395 e. The third-order valence-corrected chi connectivity index (χ3v) is 3.94. The van der Waals surface area contributed by atoms with Gasteiger partial charge >= 0.3 is 0 Å². The van der Waals surface area contributed by atoms with E-state index in [-0.39, 0.29) is 24.7 Å². The molecular formula is C18H23N3O3. The van der Waals surface area contributed by atoms with Crippen LogP contribution in [-0.4, -0.2) is 48.0 Å². The number of carbonyl (C=O) groups excluding carboxylic acids is 1. The van der Waals surface area contributed by atoms with Gasteiger partial charge in [-0.2, -0.15) is 0 Å². The monoisotopic (exact) mass is 329 g/mol. The van der Waals surface area contributed by atoms with E-state index in [1.165, 1.54) is 6.08 Å². The predicted molar refractivity (Wildman–Crippen MR) is 95.6 cm³/mol. The molecule has 1 aromatic rings. The van der Waals surface area contributed by atoms with Gasteiger partial charge in [0.1, 0.15) is 0 Å². The van der Waals surface area contributed by atoms with Crippen LogP contribution in [0.2, 0.25) is 0 Å². The number of anilines is 1. The highest BCUT2D eigenvalue weighted by Gasteiger charge is 2.19. The standard InChI is InChI=1S/C18H23N3O3/c1-12-11-16(24)17(19)13(2)18(12)20-14-3-5-15(6-4-14)21(7-9-22)8-10-23/h3-6,11,22-23H,7-10,19H2,1-2H3. The summed E-state index contributed by atoms with van der Waals surface area (Å²) in [5.74, 6) is -0.178. The summed E-state index contributed by atoms with van der Waals surface area (Å²) in [4.78, 5) is 18.2. The molecule has 0 spiro atoms. The maximum Gasteiger partial charge on any atom is 0.202 e. The highest BCUT2D eigenvalue weighted by molar-refractivity contribution is 6.24. The number of aliphatic hydroxyl groups is 2. The van der Waals surface area contributed by atoms with Crippen molar-refractivity contribution in [1.82, 2.24) is 0 Å².